The van der Waals surface area contributed by atoms with Crippen LogP contribution < -0.4 is 15.2 Å². The number of carbonyl (C=O) groups is 1. The number of carbonyl (C=O) groups excluding carboxylic acids is 1. The van der Waals surface area contributed by atoms with Crippen LogP contribution in [0.15, 0.2) is 67.8 Å². The van der Waals surface area contributed by atoms with Gasteiger partial charge in [-0.1, -0.05) is 18.7 Å². The molecule has 1 aliphatic heterocycles. The van der Waals surface area contributed by atoms with E-state index >= 15 is 0 Å². The van der Waals surface area contributed by atoms with Crippen molar-refractivity contribution in [2.24, 2.45) is 5.41 Å². The summed E-state index contributed by atoms with van der Waals surface area (Å²) in [5.74, 6) is 2.16. The van der Waals surface area contributed by atoms with Crippen LogP contribution in [-0.4, -0.2) is 45.0 Å². The van der Waals surface area contributed by atoms with Crippen LogP contribution in [0.1, 0.15) is 12.8 Å². The molecule has 5 rings (SSSR count). The zero-order chi connectivity index (χ0) is 22.1. The van der Waals surface area contributed by atoms with Crippen LogP contribution in [0.4, 0.5) is 5.82 Å². The summed E-state index contributed by atoms with van der Waals surface area (Å²) in [4.78, 5) is 26.0. The van der Waals surface area contributed by atoms with Gasteiger partial charge in [0.15, 0.2) is 0 Å². The predicted octanol–water partition coefficient (Wildman–Crippen LogP) is 3.47. The lowest BCUT2D eigenvalue weighted by Gasteiger charge is -2.58. The molecule has 8 nitrogen and oxygen atoms in total. The van der Waals surface area contributed by atoms with Gasteiger partial charge in [-0.2, -0.15) is 0 Å². The van der Waals surface area contributed by atoms with Crippen LogP contribution in [-0.2, 0) is 4.79 Å². The number of amides is 1. The van der Waals surface area contributed by atoms with Crippen molar-refractivity contribution >= 4 is 11.7 Å². The van der Waals surface area contributed by atoms with Gasteiger partial charge in [0, 0.05) is 24.7 Å². The summed E-state index contributed by atoms with van der Waals surface area (Å²) >= 11 is 0. The highest BCUT2D eigenvalue weighted by atomic mass is 16.5. The van der Waals surface area contributed by atoms with E-state index in [1.165, 1.54) is 12.4 Å². The Balaban J connectivity index is 1.27. The van der Waals surface area contributed by atoms with Gasteiger partial charge in [0.05, 0.1) is 11.8 Å². The lowest BCUT2D eigenvalue weighted by molar-refractivity contribution is -0.155. The third-order valence-corrected chi connectivity index (χ3v) is 5.99. The average Bonchev–Trinajstić information content (AvgIpc) is 2.75. The average molecular weight is 429 g/mol. The highest BCUT2D eigenvalue weighted by Crippen LogP contribution is 2.50. The maximum Gasteiger partial charge on any atom is 0.245 e. The monoisotopic (exact) mass is 429 g/mol. The fourth-order valence-corrected chi connectivity index (χ4v) is 4.43. The van der Waals surface area contributed by atoms with Gasteiger partial charge in [0.1, 0.15) is 29.7 Å². The maximum absolute atomic E-state index is 11.7. The first-order chi connectivity index (χ1) is 15.5. The van der Waals surface area contributed by atoms with Gasteiger partial charge in [-0.05, 0) is 48.7 Å². The van der Waals surface area contributed by atoms with Crippen molar-refractivity contribution in [2.75, 3.05) is 18.8 Å². The van der Waals surface area contributed by atoms with Gasteiger partial charge in [0.2, 0.25) is 11.8 Å². The summed E-state index contributed by atoms with van der Waals surface area (Å²) < 4.78 is 12.0. The summed E-state index contributed by atoms with van der Waals surface area (Å²) in [5.41, 5.74) is 7.85. The van der Waals surface area contributed by atoms with E-state index in [2.05, 4.69) is 21.5 Å². The van der Waals surface area contributed by atoms with Gasteiger partial charge < -0.3 is 20.1 Å². The van der Waals surface area contributed by atoms with E-state index in [1.54, 1.807) is 12.4 Å². The van der Waals surface area contributed by atoms with Crippen molar-refractivity contribution in [3.05, 3.63) is 67.8 Å². The van der Waals surface area contributed by atoms with Crippen LogP contribution >= 0.6 is 0 Å². The molecule has 0 unspecified atom stereocenters. The largest absolute Gasteiger partial charge is 0.474 e. The topological polar surface area (TPSA) is 103 Å². The molecule has 32 heavy (non-hydrogen) atoms. The molecule has 3 heterocycles. The van der Waals surface area contributed by atoms with Crippen LogP contribution in [0.5, 0.6) is 17.4 Å². The molecule has 8 heteroatoms. The second kappa shape index (κ2) is 7.96. The van der Waals surface area contributed by atoms with Crippen molar-refractivity contribution in [2.45, 2.75) is 18.9 Å². The highest BCUT2D eigenvalue weighted by Gasteiger charge is 2.54. The summed E-state index contributed by atoms with van der Waals surface area (Å²) in [6.45, 7) is 5.06. The molecule has 1 amide bonds. The minimum absolute atomic E-state index is 0.0122. The highest BCUT2D eigenvalue weighted by molar-refractivity contribution is 5.87. The lowest BCUT2D eigenvalue weighted by Crippen LogP contribution is -2.65. The number of nitrogens with two attached hydrogens (primary N) is 1. The van der Waals surface area contributed by atoms with Crippen molar-refractivity contribution in [3.8, 4) is 28.5 Å². The van der Waals surface area contributed by atoms with Crippen LogP contribution in [0, 0.1) is 5.41 Å². The third-order valence-electron chi connectivity index (χ3n) is 5.99. The molecule has 162 valence electrons. The lowest BCUT2D eigenvalue weighted by atomic mass is 9.61. The standard InChI is InChI=1S/C24H23N5O3/c1-2-20(30)29-13-24(14-29)10-19(11-24)32-23-21(22(25)27-15-28-23)16-5-7-17(8-6-16)31-18-4-3-9-26-12-18/h2-9,12,15,19H,1,10-11,13-14H2,(H2,25,27,28). The number of ether oxygens (including phenoxy) is 2. The van der Waals surface area contributed by atoms with E-state index in [1.807, 2.05) is 41.3 Å². The number of hydrogen-bond acceptors (Lipinski definition) is 7. The number of anilines is 1. The fraction of sp³-hybridized carbons (Fsp3) is 0.250. The van der Waals surface area contributed by atoms with E-state index in [0.717, 1.165) is 31.5 Å². The van der Waals surface area contributed by atoms with Crippen molar-refractivity contribution in [1.82, 2.24) is 19.9 Å². The molecular weight excluding hydrogens is 406 g/mol. The third kappa shape index (κ3) is 3.75. The molecule has 2 aromatic heterocycles. The summed E-state index contributed by atoms with van der Waals surface area (Å²) in [6.07, 6.45) is 7.94. The number of likely N-dealkylation sites (tertiary alicyclic amines) is 1. The Morgan fingerprint density at radius 3 is 2.62 bits per heavy atom. The summed E-state index contributed by atoms with van der Waals surface area (Å²) in [5, 5.41) is 0. The van der Waals surface area contributed by atoms with Crippen molar-refractivity contribution in [1.29, 1.82) is 0 Å². The van der Waals surface area contributed by atoms with E-state index < -0.39 is 0 Å². The SMILES string of the molecule is C=CC(=O)N1CC2(CC(Oc3ncnc(N)c3-c3ccc(Oc4cccnc4)cc3)C2)C1. The molecule has 1 saturated heterocycles. The molecule has 1 spiro atoms. The van der Waals surface area contributed by atoms with Crippen molar-refractivity contribution in [3.63, 3.8) is 0 Å². The molecule has 3 aromatic rings. The Bertz CT molecular complexity index is 1140. The zero-order valence-electron chi connectivity index (χ0n) is 17.5. The number of pyridine rings is 1. The van der Waals surface area contributed by atoms with Crippen LogP contribution in [0.2, 0.25) is 0 Å². The number of nitrogen functional groups attached to an aromatic ring is 1. The van der Waals surface area contributed by atoms with Crippen LogP contribution in [0.25, 0.3) is 11.1 Å². The quantitative estimate of drug-likeness (QED) is 0.599. The minimum Gasteiger partial charge on any atom is -0.474 e. The molecule has 1 saturated carbocycles. The second-order valence-electron chi connectivity index (χ2n) is 8.30. The molecule has 1 aliphatic carbocycles. The molecule has 2 N–H and O–H groups in total. The van der Waals surface area contributed by atoms with Gasteiger partial charge in [-0.3, -0.25) is 9.78 Å². The van der Waals surface area contributed by atoms with Gasteiger partial charge in [0.25, 0.3) is 0 Å². The molecule has 2 aliphatic rings. The van der Waals surface area contributed by atoms with Gasteiger partial charge in [-0.25, -0.2) is 9.97 Å². The van der Waals surface area contributed by atoms with Crippen molar-refractivity contribution < 1.29 is 14.3 Å². The molecule has 2 fully saturated rings. The predicted molar refractivity (Wildman–Crippen MR) is 119 cm³/mol. The first-order valence-corrected chi connectivity index (χ1v) is 10.4. The molecule has 0 radical (unpaired) electrons. The van der Waals surface area contributed by atoms with Gasteiger partial charge >= 0.3 is 0 Å². The Morgan fingerprint density at radius 1 is 1.16 bits per heavy atom. The first-order valence-electron chi connectivity index (χ1n) is 10.4. The second-order valence-corrected chi connectivity index (χ2v) is 8.30. The summed E-state index contributed by atoms with van der Waals surface area (Å²) in [7, 11) is 0. The van der Waals surface area contributed by atoms with E-state index in [-0.39, 0.29) is 17.4 Å². The van der Waals surface area contributed by atoms with Crippen LogP contribution in [0.3, 0.4) is 0 Å². The Kier molecular flexibility index (Phi) is 4.97. The molecule has 1 aromatic carbocycles. The number of rotatable bonds is 6. The maximum atomic E-state index is 11.7. The van der Waals surface area contributed by atoms with E-state index in [4.69, 9.17) is 15.2 Å². The van der Waals surface area contributed by atoms with Gasteiger partial charge in [-0.15, -0.1) is 0 Å². The summed E-state index contributed by atoms with van der Waals surface area (Å²) in [6, 6.07) is 11.2. The Morgan fingerprint density at radius 2 is 1.94 bits per heavy atom. The molecular formula is C24H23N5O3. The smallest absolute Gasteiger partial charge is 0.245 e. The number of benzene rings is 1. The number of hydrogen-bond donors (Lipinski definition) is 1. The number of nitrogens with zero attached hydrogens (tertiary/aromatic N) is 4. The first kappa shape index (κ1) is 20.0. The Labute approximate surface area is 185 Å². The fourth-order valence-electron chi connectivity index (χ4n) is 4.43. The Hall–Kier alpha value is -3.94. The minimum atomic E-state index is -0.0122. The molecule has 0 bridgehead atoms. The zero-order valence-corrected chi connectivity index (χ0v) is 17.5. The van der Waals surface area contributed by atoms with E-state index in [9.17, 15) is 4.79 Å². The van der Waals surface area contributed by atoms with E-state index in [0.29, 0.717) is 28.8 Å². The number of aromatic nitrogens is 3. The normalized spacial score (nSPS) is 16.7. The molecule has 0 atom stereocenters.